The lowest BCUT2D eigenvalue weighted by Crippen LogP contribution is -2.16. The Balaban J connectivity index is 3.52. The van der Waals surface area contributed by atoms with Crippen molar-refractivity contribution in [2.45, 2.75) is 12.6 Å². The van der Waals surface area contributed by atoms with Crippen LogP contribution in [0.4, 0.5) is 22.0 Å². The molecular formula is C8H4F5NO2. The van der Waals surface area contributed by atoms with Crippen LogP contribution in [0, 0.1) is 0 Å². The number of hydrogen-bond donors (Lipinski definition) is 1. The van der Waals surface area contributed by atoms with Crippen molar-refractivity contribution in [2.24, 2.45) is 0 Å². The largest absolute Gasteiger partial charge is 0.478 e. The predicted molar refractivity (Wildman–Crippen MR) is 41.2 cm³/mol. The van der Waals surface area contributed by atoms with E-state index in [4.69, 9.17) is 5.11 Å². The summed E-state index contributed by atoms with van der Waals surface area (Å²) < 4.78 is 61.5. The second-order valence-corrected chi connectivity index (χ2v) is 2.75. The van der Waals surface area contributed by atoms with E-state index in [1.165, 1.54) is 0 Å². The van der Waals surface area contributed by atoms with E-state index in [1.807, 2.05) is 0 Å². The number of carbonyl (C=O) groups is 1. The smallest absolute Gasteiger partial charge is 0.418 e. The normalized spacial score (nSPS) is 11.9. The van der Waals surface area contributed by atoms with Crippen LogP contribution in [0.25, 0.3) is 0 Å². The minimum Gasteiger partial charge on any atom is -0.478 e. The second kappa shape index (κ2) is 4.03. The van der Waals surface area contributed by atoms with Gasteiger partial charge >= 0.3 is 12.1 Å². The van der Waals surface area contributed by atoms with Crippen LogP contribution >= 0.6 is 0 Å². The number of rotatable bonds is 2. The van der Waals surface area contributed by atoms with E-state index in [-0.39, 0.29) is 6.20 Å². The van der Waals surface area contributed by atoms with E-state index < -0.39 is 35.3 Å². The first-order valence-electron chi connectivity index (χ1n) is 3.81. The minimum absolute atomic E-state index is 0.204. The lowest BCUT2D eigenvalue weighted by Gasteiger charge is -2.12. The maximum absolute atomic E-state index is 12.3. The van der Waals surface area contributed by atoms with Crippen LogP contribution in [-0.2, 0) is 6.18 Å². The Labute approximate surface area is 85.5 Å². The highest BCUT2D eigenvalue weighted by molar-refractivity contribution is 5.91. The molecule has 1 N–H and O–H groups in total. The summed E-state index contributed by atoms with van der Waals surface area (Å²) in [5.41, 5.74) is -4.39. The summed E-state index contributed by atoms with van der Waals surface area (Å²) in [7, 11) is 0. The average molecular weight is 241 g/mol. The SMILES string of the molecule is O=C(O)c1c(C(F)F)cncc1C(F)(F)F. The molecule has 1 heterocycles. The van der Waals surface area contributed by atoms with E-state index in [0.29, 0.717) is 6.20 Å². The van der Waals surface area contributed by atoms with Crippen molar-refractivity contribution in [1.82, 2.24) is 4.98 Å². The molecule has 1 aromatic rings. The molecule has 0 radical (unpaired) electrons. The lowest BCUT2D eigenvalue weighted by atomic mass is 10.0. The third kappa shape index (κ3) is 2.26. The van der Waals surface area contributed by atoms with Crippen LogP contribution < -0.4 is 0 Å². The van der Waals surface area contributed by atoms with Crippen molar-refractivity contribution < 1.29 is 31.9 Å². The minimum atomic E-state index is -5.04. The van der Waals surface area contributed by atoms with Gasteiger partial charge in [0, 0.05) is 12.4 Å². The van der Waals surface area contributed by atoms with Crippen molar-refractivity contribution in [3.05, 3.63) is 29.1 Å². The first-order valence-corrected chi connectivity index (χ1v) is 3.81. The molecule has 88 valence electrons. The highest BCUT2D eigenvalue weighted by atomic mass is 19.4. The molecule has 1 aromatic heterocycles. The Hall–Kier alpha value is -1.73. The van der Waals surface area contributed by atoms with Gasteiger partial charge in [0.2, 0.25) is 0 Å². The summed E-state index contributed by atoms with van der Waals surface area (Å²) >= 11 is 0. The van der Waals surface area contributed by atoms with Gasteiger partial charge in [0.05, 0.1) is 16.7 Å². The number of aromatic carboxylic acids is 1. The van der Waals surface area contributed by atoms with Crippen molar-refractivity contribution in [1.29, 1.82) is 0 Å². The highest BCUT2D eigenvalue weighted by Gasteiger charge is 2.38. The monoisotopic (exact) mass is 241 g/mol. The van der Waals surface area contributed by atoms with Crippen molar-refractivity contribution in [3.63, 3.8) is 0 Å². The maximum Gasteiger partial charge on any atom is 0.418 e. The lowest BCUT2D eigenvalue weighted by molar-refractivity contribution is -0.138. The summed E-state index contributed by atoms with van der Waals surface area (Å²) in [6, 6.07) is 0. The van der Waals surface area contributed by atoms with Gasteiger partial charge < -0.3 is 5.11 Å². The Bertz CT molecular complexity index is 415. The molecule has 0 aliphatic heterocycles. The van der Waals surface area contributed by atoms with Gasteiger partial charge in [0.25, 0.3) is 6.43 Å². The fourth-order valence-electron chi connectivity index (χ4n) is 1.10. The standard InChI is InChI=1S/C8H4F5NO2/c9-6(10)3-1-14-2-4(8(11,12)13)5(3)7(15)16/h1-2,6H,(H,15,16). The van der Waals surface area contributed by atoms with Crippen LogP contribution in [-0.4, -0.2) is 16.1 Å². The van der Waals surface area contributed by atoms with Gasteiger partial charge in [-0.05, 0) is 0 Å². The fraction of sp³-hybridized carbons (Fsp3) is 0.250. The van der Waals surface area contributed by atoms with Gasteiger partial charge in [0.1, 0.15) is 0 Å². The molecule has 0 saturated heterocycles. The molecule has 0 amide bonds. The summed E-state index contributed by atoms with van der Waals surface area (Å²) in [6.45, 7) is 0. The van der Waals surface area contributed by atoms with Crippen molar-refractivity contribution in [3.8, 4) is 0 Å². The fourth-order valence-corrected chi connectivity index (χ4v) is 1.10. The number of nitrogens with zero attached hydrogens (tertiary/aromatic N) is 1. The van der Waals surface area contributed by atoms with Crippen molar-refractivity contribution >= 4 is 5.97 Å². The highest BCUT2D eigenvalue weighted by Crippen LogP contribution is 2.35. The van der Waals surface area contributed by atoms with Crippen LogP contribution in [0.15, 0.2) is 12.4 Å². The molecule has 16 heavy (non-hydrogen) atoms. The van der Waals surface area contributed by atoms with Crippen LogP contribution in [0.1, 0.15) is 27.9 Å². The summed E-state index contributed by atoms with van der Waals surface area (Å²) in [6.07, 6.45) is -7.76. The van der Waals surface area contributed by atoms with E-state index in [1.54, 1.807) is 0 Å². The number of pyridine rings is 1. The molecule has 0 atom stereocenters. The second-order valence-electron chi connectivity index (χ2n) is 2.75. The first kappa shape index (κ1) is 12.3. The quantitative estimate of drug-likeness (QED) is 0.810. The zero-order chi connectivity index (χ0) is 12.5. The predicted octanol–water partition coefficient (Wildman–Crippen LogP) is 2.74. The molecule has 0 aromatic carbocycles. The number of halogens is 5. The third-order valence-corrected chi connectivity index (χ3v) is 1.73. The first-order chi connectivity index (χ1) is 7.25. The Morgan fingerprint density at radius 2 is 1.88 bits per heavy atom. The number of alkyl halides is 5. The van der Waals surface area contributed by atoms with Crippen LogP contribution in [0.3, 0.4) is 0 Å². The molecular weight excluding hydrogens is 237 g/mol. The van der Waals surface area contributed by atoms with Gasteiger partial charge in [-0.25, -0.2) is 13.6 Å². The van der Waals surface area contributed by atoms with E-state index in [0.717, 1.165) is 0 Å². The zero-order valence-electron chi connectivity index (χ0n) is 7.42. The molecule has 0 spiro atoms. The number of aromatic nitrogens is 1. The number of carboxylic acids is 1. The molecule has 0 aliphatic rings. The topological polar surface area (TPSA) is 50.2 Å². The van der Waals surface area contributed by atoms with Gasteiger partial charge in [-0.2, -0.15) is 13.2 Å². The molecule has 3 nitrogen and oxygen atoms in total. The van der Waals surface area contributed by atoms with Gasteiger partial charge in [-0.1, -0.05) is 0 Å². The number of carboxylic acid groups (broad SMARTS) is 1. The van der Waals surface area contributed by atoms with E-state index in [9.17, 15) is 26.7 Å². The van der Waals surface area contributed by atoms with Crippen molar-refractivity contribution in [2.75, 3.05) is 0 Å². The van der Waals surface area contributed by atoms with Gasteiger partial charge in [0.15, 0.2) is 0 Å². The number of hydrogen-bond acceptors (Lipinski definition) is 2. The Kier molecular flexibility index (Phi) is 3.11. The Morgan fingerprint density at radius 1 is 1.31 bits per heavy atom. The van der Waals surface area contributed by atoms with Gasteiger partial charge in [-0.15, -0.1) is 0 Å². The zero-order valence-corrected chi connectivity index (χ0v) is 7.42. The molecule has 8 heteroatoms. The van der Waals surface area contributed by atoms with Gasteiger partial charge in [-0.3, -0.25) is 4.98 Å². The van der Waals surface area contributed by atoms with Crippen LogP contribution in [0.2, 0.25) is 0 Å². The van der Waals surface area contributed by atoms with E-state index >= 15 is 0 Å². The molecule has 0 saturated carbocycles. The molecule has 0 fully saturated rings. The summed E-state index contributed by atoms with van der Waals surface area (Å²) in [5, 5.41) is 8.50. The third-order valence-electron chi connectivity index (χ3n) is 1.73. The summed E-state index contributed by atoms with van der Waals surface area (Å²) in [5.74, 6) is -2.06. The maximum atomic E-state index is 12.3. The Morgan fingerprint density at radius 3 is 2.25 bits per heavy atom. The average Bonchev–Trinajstić information content (AvgIpc) is 2.14. The molecule has 0 bridgehead atoms. The molecule has 1 rings (SSSR count). The summed E-state index contributed by atoms with van der Waals surface area (Å²) in [4.78, 5) is 13.5. The molecule has 0 unspecified atom stereocenters. The van der Waals surface area contributed by atoms with Crippen LogP contribution in [0.5, 0.6) is 0 Å². The van der Waals surface area contributed by atoms with E-state index in [2.05, 4.69) is 4.98 Å². The molecule has 0 aliphatic carbocycles.